The topological polar surface area (TPSA) is 84.9 Å². The first-order valence-corrected chi connectivity index (χ1v) is 10.9. The van der Waals surface area contributed by atoms with Crippen molar-refractivity contribution in [2.45, 2.75) is 25.5 Å². The first-order chi connectivity index (χ1) is 13.4. The highest BCUT2D eigenvalue weighted by Gasteiger charge is 2.23. The van der Waals surface area contributed by atoms with Crippen LogP contribution in [0.4, 0.5) is 10.5 Å². The van der Waals surface area contributed by atoms with E-state index in [1.54, 1.807) is 29.2 Å². The second-order valence-corrected chi connectivity index (χ2v) is 8.32. The van der Waals surface area contributed by atoms with Crippen molar-refractivity contribution in [3.8, 4) is 5.75 Å². The molecule has 0 saturated carbocycles. The van der Waals surface area contributed by atoms with Crippen LogP contribution in [0.25, 0.3) is 0 Å². The number of nitrogens with zero attached hydrogens (tertiary/aromatic N) is 1. The van der Waals surface area contributed by atoms with Crippen molar-refractivity contribution >= 4 is 21.8 Å². The maximum atomic E-state index is 12.8. The van der Waals surface area contributed by atoms with Gasteiger partial charge in [0.25, 0.3) is 0 Å². The van der Waals surface area contributed by atoms with Crippen LogP contribution in [0.2, 0.25) is 0 Å². The maximum Gasteiger partial charge on any atom is 0.322 e. The molecule has 0 aliphatic carbocycles. The van der Waals surface area contributed by atoms with Crippen LogP contribution >= 0.6 is 0 Å². The molecule has 28 heavy (non-hydrogen) atoms. The number of anilines is 1. The smallest absolute Gasteiger partial charge is 0.322 e. The van der Waals surface area contributed by atoms with Gasteiger partial charge in [-0.25, -0.2) is 4.79 Å². The number of hydrogen-bond acceptors (Lipinski definition) is 5. The number of nitrogens with one attached hydrogen (secondary N) is 1. The summed E-state index contributed by atoms with van der Waals surface area (Å²) in [5, 5.41) is 2.91. The Kier molecular flexibility index (Phi) is 6.53. The Labute approximate surface area is 165 Å². The van der Waals surface area contributed by atoms with Gasteiger partial charge in [-0.05, 0) is 42.7 Å². The summed E-state index contributed by atoms with van der Waals surface area (Å²) in [5.74, 6) is 0.241. The van der Waals surface area contributed by atoms with E-state index in [9.17, 15) is 13.2 Å². The Morgan fingerprint density at radius 2 is 1.89 bits per heavy atom. The van der Waals surface area contributed by atoms with Crippen molar-refractivity contribution in [1.29, 1.82) is 0 Å². The molecule has 0 spiro atoms. The molecule has 1 aliphatic heterocycles. The second-order valence-electron chi connectivity index (χ2n) is 6.74. The molecule has 1 aliphatic rings. The zero-order chi connectivity index (χ0) is 20.0. The van der Waals surface area contributed by atoms with Crippen molar-refractivity contribution in [3.05, 3.63) is 60.2 Å². The van der Waals surface area contributed by atoms with Crippen LogP contribution in [-0.2, 0) is 21.4 Å². The highest BCUT2D eigenvalue weighted by atomic mass is 32.2. The molecule has 2 aromatic rings. The molecule has 2 amide bonds. The van der Waals surface area contributed by atoms with E-state index in [2.05, 4.69) is 5.32 Å². The van der Waals surface area contributed by atoms with Gasteiger partial charge in [-0.1, -0.05) is 30.3 Å². The van der Waals surface area contributed by atoms with Gasteiger partial charge in [0.2, 0.25) is 0 Å². The molecule has 1 saturated heterocycles. The molecule has 2 aromatic carbocycles. The normalized spacial score (nSPS) is 16.5. The number of ether oxygens (including phenoxy) is 1. The first-order valence-electron chi connectivity index (χ1n) is 9.10. The summed E-state index contributed by atoms with van der Waals surface area (Å²) < 4.78 is 33.0. The average Bonchev–Trinajstić information content (AvgIpc) is 3.15. The minimum atomic E-state index is -3.57. The van der Waals surface area contributed by atoms with Gasteiger partial charge in [-0.15, -0.1) is 0 Å². The van der Waals surface area contributed by atoms with Crippen molar-refractivity contribution in [1.82, 2.24) is 4.90 Å². The Morgan fingerprint density at radius 1 is 1.18 bits per heavy atom. The predicted octanol–water partition coefficient (Wildman–Crippen LogP) is 3.24. The number of rotatable bonds is 7. The number of benzene rings is 2. The highest BCUT2D eigenvalue weighted by molar-refractivity contribution is 7.86. The van der Waals surface area contributed by atoms with Crippen molar-refractivity contribution < 1.29 is 22.1 Å². The van der Waals surface area contributed by atoms with Crippen LogP contribution in [0.15, 0.2) is 54.6 Å². The molecule has 1 atom stereocenters. The molecule has 150 valence electrons. The van der Waals surface area contributed by atoms with Crippen molar-refractivity contribution in [2.75, 3.05) is 24.7 Å². The van der Waals surface area contributed by atoms with Crippen LogP contribution in [0.3, 0.4) is 0 Å². The molecule has 3 rings (SSSR count). The summed E-state index contributed by atoms with van der Waals surface area (Å²) in [6, 6.07) is 15.7. The second kappa shape index (κ2) is 9.07. The molecule has 0 aromatic heterocycles. The number of para-hydroxylation sites is 1. The maximum absolute atomic E-state index is 12.8. The van der Waals surface area contributed by atoms with Crippen LogP contribution in [-0.4, -0.2) is 44.9 Å². The number of hydrogen-bond donors (Lipinski definition) is 1. The largest absolute Gasteiger partial charge is 0.383 e. The Bertz CT molecular complexity index is 879. The third-order valence-electron chi connectivity index (χ3n) is 4.30. The zero-order valence-electron chi connectivity index (χ0n) is 15.7. The minimum Gasteiger partial charge on any atom is -0.383 e. The van der Waals surface area contributed by atoms with E-state index in [-0.39, 0.29) is 17.9 Å². The van der Waals surface area contributed by atoms with E-state index in [0.717, 1.165) is 37.0 Å². The summed E-state index contributed by atoms with van der Waals surface area (Å²) in [7, 11) is -3.57. The van der Waals surface area contributed by atoms with Crippen LogP contribution in [0.5, 0.6) is 5.75 Å². The third-order valence-corrected chi connectivity index (χ3v) is 4.80. The zero-order valence-corrected chi connectivity index (χ0v) is 16.5. The Morgan fingerprint density at radius 3 is 2.50 bits per heavy atom. The summed E-state index contributed by atoms with van der Waals surface area (Å²) in [4.78, 5) is 14.5. The van der Waals surface area contributed by atoms with Gasteiger partial charge in [0.15, 0.2) is 0 Å². The quantitative estimate of drug-likeness (QED) is 0.716. The lowest BCUT2D eigenvalue weighted by atomic mass is 10.2. The fourth-order valence-electron chi connectivity index (χ4n) is 3.02. The average molecular weight is 404 g/mol. The number of amides is 2. The molecule has 1 unspecified atom stereocenters. The molecule has 1 heterocycles. The molecule has 0 radical (unpaired) electrons. The fourth-order valence-corrected chi connectivity index (χ4v) is 3.48. The highest BCUT2D eigenvalue weighted by Crippen LogP contribution is 2.19. The van der Waals surface area contributed by atoms with Gasteiger partial charge in [-0.2, -0.15) is 8.42 Å². The summed E-state index contributed by atoms with van der Waals surface area (Å²) in [6.07, 6.45) is 2.94. The van der Waals surface area contributed by atoms with E-state index >= 15 is 0 Å². The molecule has 0 bridgehead atoms. The van der Waals surface area contributed by atoms with Gasteiger partial charge >= 0.3 is 16.1 Å². The molecular formula is C20H24N2O5S. The number of urea groups is 1. The summed E-state index contributed by atoms with van der Waals surface area (Å²) in [5.41, 5.74) is 1.59. The Balaban J connectivity index is 1.70. The molecule has 8 heteroatoms. The van der Waals surface area contributed by atoms with E-state index in [4.69, 9.17) is 8.92 Å². The lowest BCUT2D eigenvalue weighted by Crippen LogP contribution is -2.39. The van der Waals surface area contributed by atoms with Gasteiger partial charge in [0.1, 0.15) is 5.75 Å². The van der Waals surface area contributed by atoms with Gasteiger partial charge < -0.3 is 19.1 Å². The first kappa shape index (κ1) is 20.2. The number of carbonyl (C=O) groups excluding carboxylic acids is 1. The van der Waals surface area contributed by atoms with Crippen molar-refractivity contribution in [3.63, 3.8) is 0 Å². The molecular weight excluding hydrogens is 380 g/mol. The predicted molar refractivity (Wildman–Crippen MR) is 107 cm³/mol. The summed E-state index contributed by atoms with van der Waals surface area (Å²) >= 11 is 0. The SMILES string of the molecule is CS(=O)(=O)Oc1ccc(CN(CC2CCCO2)C(=O)Nc2ccccc2)cc1. The monoisotopic (exact) mass is 404 g/mol. The van der Waals surface area contributed by atoms with Gasteiger partial charge in [0, 0.05) is 25.4 Å². The fraction of sp³-hybridized carbons (Fsp3) is 0.350. The summed E-state index contributed by atoms with van der Waals surface area (Å²) in [6.45, 7) is 1.58. The van der Waals surface area contributed by atoms with E-state index in [1.807, 2.05) is 30.3 Å². The minimum absolute atomic E-state index is 0.0226. The lowest BCUT2D eigenvalue weighted by Gasteiger charge is -2.26. The van der Waals surface area contributed by atoms with E-state index in [0.29, 0.717) is 13.1 Å². The van der Waals surface area contributed by atoms with Gasteiger partial charge in [0.05, 0.1) is 12.4 Å². The van der Waals surface area contributed by atoms with Crippen molar-refractivity contribution in [2.24, 2.45) is 0 Å². The molecule has 1 fully saturated rings. The van der Waals surface area contributed by atoms with Crippen LogP contribution in [0, 0.1) is 0 Å². The third kappa shape index (κ3) is 6.24. The standard InChI is InChI=1S/C20H24N2O5S/c1-28(24,25)27-18-11-9-16(10-12-18)14-22(15-19-8-5-13-26-19)20(23)21-17-6-3-2-4-7-17/h2-4,6-7,9-12,19H,5,8,13-15H2,1H3,(H,21,23). The lowest BCUT2D eigenvalue weighted by molar-refractivity contribution is 0.0819. The molecule has 7 nitrogen and oxygen atoms in total. The van der Waals surface area contributed by atoms with Crippen LogP contribution < -0.4 is 9.50 Å². The van der Waals surface area contributed by atoms with Gasteiger partial charge in [-0.3, -0.25) is 0 Å². The van der Waals surface area contributed by atoms with Crippen LogP contribution in [0.1, 0.15) is 18.4 Å². The Hall–Kier alpha value is -2.58. The number of carbonyl (C=O) groups is 1. The van der Waals surface area contributed by atoms with E-state index in [1.165, 1.54) is 0 Å². The molecule has 1 N–H and O–H groups in total. The van der Waals surface area contributed by atoms with E-state index < -0.39 is 10.1 Å².